The van der Waals surface area contributed by atoms with Crippen LogP contribution >= 0.6 is 0 Å². The SMILES string of the molecule is C[C@H](Cc1ccccc1)Nc1ncnc2c1nnn2Cc1ccc(F)cc1. The summed E-state index contributed by atoms with van der Waals surface area (Å²) in [5.41, 5.74) is 3.44. The summed E-state index contributed by atoms with van der Waals surface area (Å²) < 4.78 is 14.8. The van der Waals surface area contributed by atoms with Crippen LogP contribution in [0.5, 0.6) is 0 Å². The Labute approximate surface area is 156 Å². The van der Waals surface area contributed by atoms with E-state index in [-0.39, 0.29) is 11.9 Å². The highest BCUT2D eigenvalue weighted by Gasteiger charge is 2.14. The standard InChI is InChI=1S/C20H19FN6/c1-14(11-15-5-3-2-4-6-15)24-19-18-20(23-13-22-19)27(26-25-18)12-16-7-9-17(21)10-8-16/h2-10,13-14H,11-12H2,1H3,(H,22,23,24)/t14-/m1/s1. The molecule has 136 valence electrons. The molecule has 4 aromatic rings. The van der Waals surface area contributed by atoms with Gasteiger partial charge in [0, 0.05) is 6.04 Å². The monoisotopic (exact) mass is 362 g/mol. The summed E-state index contributed by atoms with van der Waals surface area (Å²) in [5, 5.41) is 11.8. The molecule has 7 heteroatoms. The Hall–Kier alpha value is -3.35. The van der Waals surface area contributed by atoms with Crippen molar-refractivity contribution in [1.82, 2.24) is 25.0 Å². The third-order valence-corrected chi connectivity index (χ3v) is 4.31. The first-order valence-electron chi connectivity index (χ1n) is 8.78. The molecule has 0 bridgehead atoms. The fourth-order valence-electron chi connectivity index (χ4n) is 3.02. The topological polar surface area (TPSA) is 68.5 Å². The van der Waals surface area contributed by atoms with Gasteiger partial charge in [0.05, 0.1) is 6.54 Å². The second-order valence-corrected chi connectivity index (χ2v) is 6.50. The van der Waals surface area contributed by atoms with Crippen LogP contribution in [0.1, 0.15) is 18.1 Å². The third kappa shape index (κ3) is 3.92. The lowest BCUT2D eigenvalue weighted by Gasteiger charge is -2.14. The summed E-state index contributed by atoms with van der Waals surface area (Å²) in [7, 11) is 0. The lowest BCUT2D eigenvalue weighted by Crippen LogP contribution is -2.19. The molecule has 0 spiro atoms. The summed E-state index contributed by atoms with van der Waals surface area (Å²) in [6, 6.07) is 16.8. The minimum Gasteiger partial charge on any atom is -0.365 e. The van der Waals surface area contributed by atoms with Crippen LogP contribution in [0.2, 0.25) is 0 Å². The molecule has 2 heterocycles. The first-order chi connectivity index (χ1) is 13.2. The summed E-state index contributed by atoms with van der Waals surface area (Å²) in [6.45, 7) is 2.57. The lowest BCUT2D eigenvalue weighted by atomic mass is 10.1. The fraction of sp³-hybridized carbons (Fsp3) is 0.200. The van der Waals surface area contributed by atoms with Gasteiger partial charge in [0.1, 0.15) is 12.1 Å². The minimum absolute atomic E-state index is 0.174. The zero-order chi connectivity index (χ0) is 18.6. The zero-order valence-corrected chi connectivity index (χ0v) is 14.9. The molecule has 2 aromatic heterocycles. The molecule has 0 saturated carbocycles. The van der Waals surface area contributed by atoms with Gasteiger partial charge in [-0.2, -0.15) is 0 Å². The quantitative estimate of drug-likeness (QED) is 0.569. The maximum atomic E-state index is 13.1. The van der Waals surface area contributed by atoms with Crippen LogP contribution in [0, 0.1) is 5.82 Å². The van der Waals surface area contributed by atoms with Crippen molar-refractivity contribution in [2.75, 3.05) is 5.32 Å². The van der Waals surface area contributed by atoms with E-state index in [0.717, 1.165) is 12.0 Å². The van der Waals surface area contributed by atoms with Crippen LogP contribution < -0.4 is 5.32 Å². The van der Waals surface area contributed by atoms with Crippen molar-refractivity contribution in [2.45, 2.75) is 25.9 Å². The van der Waals surface area contributed by atoms with Crippen LogP contribution in [-0.2, 0) is 13.0 Å². The van der Waals surface area contributed by atoms with Gasteiger partial charge in [0.2, 0.25) is 0 Å². The van der Waals surface area contributed by atoms with Crippen molar-refractivity contribution >= 4 is 17.0 Å². The van der Waals surface area contributed by atoms with Gasteiger partial charge in [-0.1, -0.05) is 47.7 Å². The van der Waals surface area contributed by atoms with Gasteiger partial charge in [-0.15, -0.1) is 5.10 Å². The van der Waals surface area contributed by atoms with E-state index in [4.69, 9.17) is 0 Å². The Bertz CT molecular complexity index is 1030. The predicted molar refractivity (Wildman–Crippen MR) is 102 cm³/mol. The number of hydrogen-bond acceptors (Lipinski definition) is 5. The number of nitrogens with one attached hydrogen (secondary N) is 1. The lowest BCUT2D eigenvalue weighted by molar-refractivity contribution is 0.623. The summed E-state index contributed by atoms with van der Waals surface area (Å²) in [5.74, 6) is 0.400. The van der Waals surface area contributed by atoms with Crippen molar-refractivity contribution in [3.63, 3.8) is 0 Å². The highest BCUT2D eigenvalue weighted by molar-refractivity contribution is 5.82. The van der Waals surface area contributed by atoms with Gasteiger partial charge in [-0.25, -0.2) is 19.0 Å². The van der Waals surface area contributed by atoms with E-state index in [2.05, 4.69) is 44.7 Å². The molecule has 0 fully saturated rings. The Morgan fingerprint density at radius 1 is 1.00 bits per heavy atom. The van der Waals surface area contributed by atoms with E-state index < -0.39 is 0 Å². The van der Waals surface area contributed by atoms with Crippen molar-refractivity contribution in [1.29, 1.82) is 0 Å². The molecule has 0 radical (unpaired) electrons. The number of rotatable bonds is 6. The predicted octanol–water partition coefficient (Wildman–Crippen LogP) is 3.45. The van der Waals surface area contributed by atoms with Gasteiger partial charge in [0.25, 0.3) is 0 Å². The van der Waals surface area contributed by atoms with Gasteiger partial charge in [-0.3, -0.25) is 0 Å². The number of halogens is 1. The van der Waals surface area contributed by atoms with Gasteiger partial charge in [0.15, 0.2) is 17.0 Å². The molecule has 2 aromatic carbocycles. The highest BCUT2D eigenvalue weighted by atomic mass is 19.1. The summed E-state index contributed by atoms with van der Waals surface area (Å²) in [6.07, 6.45) is 2.38. The molecule has 0 saturated heterocycles. The number of anilines is 1. The second kappa shape index (κ2) is 7.49. The molecule has 27 heavy (non-hydrogen) atoms. The van der Waals surface area contributed by atoms with Crippen LogP contribution in [0.3, 0.4) is 0 Å². The van der Waals surface area contributed by atoms with Crippen molar-refractivity contribution in [3.8, 4) is 0 Å². The molecule has 6 nitrogen and oxygen atoms in total. The molecule has 0 aliphatic heterocycles. The molecule has 1 N–H and O–H groups in total. The van der Waals surface area contributed by atoms with Crippen LogP contribution in [0.25, 0.3) is 11.2 Å². The van der Waals surface area contributed by atoms with E-state index in [1.54, 1.807) is 16.8 Å². The van der Waals surface area contributed by atoms with Gasteiger partial charge >= 0.3 is 0 Å². The van der Waals surface area contributed by atoms with Crippen LogP contribution in [-0.4, -0.2) is 31.0 Å². The normalized spacial score (nSPS) is 12.2. The van der Waals surface area contributed by atoms with Crippen LogP contribution in [0.4, 0.5) is 10.2 Å². The number of aromatic nitrogens is 5. The van der Waals surface area contributed by atoms with Crippen molar-refractivity contribution in [2.24, 2.45) is 0 Å². The molecule has 1 atom stereocenters. The Balaban J connectivity index is 1.54. The number of benzene rings is 2. The first kappa shape index (κ1) is 17.1. The molecule has 0 aliphatic rings. The zero-order valence-electron chi connectivity index (χ0n) is 14.9. The average Bonchev–Trinajstić information content (AvgIpc) is 3.08. The van der Waals surface area contributed by atoms with E-state index in [9.17, 15) is 4.39 Å². The molecule has 0 aliphatic carbocycles. The van der Waals surface area contributed by atoms with E-state index in [1.807, 2.05) is 18.2 Å². The molecule has 4 rings (SSSR count). The van der Waals surface area contributed by atoms with E-state index in [0.29, 0.717) is 23.5 Å². The smallest absolute Gasteiger partial charge is 0.184 e. The number of nitrogens with zero attached hydrogens (tertiary/aromatic N) is 5. The van der Waals surface area contributed by atoms with Crippen LogP contribution in [0.15, 0.2) is 60.9 Å². The molecular formula is C20H19FN6. The second-order valence-electron chi connectivity index (χ2n) is 6.50. The Kier molecular flexibility index (Phi) is 4.74. The maximum absolute atomic E-state index is 13.1. The largest absolute Gasteiger partial charge is 0.365 e. The van der Waals surface area contributed by atoms with Gasteiger partial charge in [-0.05, 0) is 36.6 Å². The van der Waals surface area contributed by atoms with Crippen molar-refractivity contribution < 1.29 is 4.39 Å². The summed E-state index contributed by atoms with van der Waals surface area (Å²) in [4.78, 5) is 8.65. The minimum atomic E-state index is -0.261. The fourth-order valence-corrected chi connectivity index (χ4v) is 3.02. The third-order valence-electron chi connectivity index (χ3n) is 4.31. The molecule has 0 amide bonds. The van der Waals surface area contributed by atoms with Crippen molar-refractivity contribution in [3.05, 3.63) is 77.9 Å². The van der Waals surface area contributed by atoms with Gasteiger partial charge < -0.3 is 5.32 Å². The first-order valence-corrected chi connectivity index (χ1v) is 8.78. The number of fused-ring (bicyclic) bond motifs is 1. The van der Waals surface area contributed by atoms with E-state index in [1.165, 1.54) is 24.0 Å². The Morgan fingerprint density at radius 2 is 1.78 bits per heavy atom. The average molecular weight is 362 g/mol. The van der Waals surface area contributed by atoms with E-state index >= 15 is 0 Å². The number of hydrogen-bond donors (Lipinski definition) is 1. The maximum Gasteiger partial charge on any atom is 0.184 e. The highest BCUT2D eigenvalue weighted by Crippen LogP contribution is 2.18. The molecule has 0 unspecified atom stereocenters. The molecular weight excluding hydrogens is 343 g/mol. The Morgan fingerprint density at radius 3 is 2.56 bits per heavy atom. The summed E-state index contributed by atoms with van der Waals surface area (Å²) >= 11 is 0.